The molecule has 0 radical (unpaired) electrons. The summed E-state index contributed by atoms with van der Waals surface area (Å²) in [6.07, 6.45) is 1.71. The number of carbonyl (C=O) groups is 1. The Morgan fingerprint density at radius 3 is 2.57 bits per heavy atom. The van der Waals surface area contributed by atoms with Crippen molar-refractivity contribution in [2.45, 2.75) is 32.6 Å². The van der Waals surface area contributed by atoms with Crippen molar-refractivity contribution in [1.29, 1.82) is 0 Å². The van der Waals surface area contributed by atoms with Crippen LogP contribution in [0.15, 0.2) is 47.4 Å². The van der Waals surface area contributed by atoms with Crippen LogP contribution in [-0.2, 0) is 11.8 Å². The van der Waals surface area contributed by atoms with Gasteiger partial charge in [-0.2, -0.15) is 0 Å². The van der Waals surface area contributed by atoms with E-state index in [1.54, 1.807) is 24.3 Å². The zero-order chi connectivity index (χ0) is 20.5. The first kappa shape index (κ1) is 19.6. The van der Waals surface area contributed by atoms with Crippen LogP contribution in [0.4, 0.5) is 5.69 Å². The highest BCUT2D eigenvalue weighted by Crippen LogP contribution is 2.35. The van der Waals surface area contributed by atoms with Crippen molar-refractivity contribution in [3.8, 4) is 5.75 Å². The number of pyridine rings is 1. The second-order valence-electron chi connectivity index (χ2n) is 7.78. The zero-order valence-corrected chi connectivity index (χ0v) is 16.2. The number of benzene rings is 2. The first-order chi connectivity index (χ1) is 13.2. The van der Waals surface area contributed by atoms with Crippen LogP contribution in [-0.4, -0.2) is 27.7 Å². The topological polar surface area (TPSA) is 102 Å². The molecule has 0 aliphatic carbocycles. The summed E-state index contributed by atoms with van der Waals surface area (Å²) in [6.45, 7) is 5.87. The van der Waals surface area contributed by atoms with E-state index in [2.05, 4.69) is 10.3 Å². The maximum atomic E-state index is 12.8. The lowest BCUT2D eigenvalue weighted by molar-refractivity contribution is 0.102. The van der Waals surface area contributed by atoms with Crippen molar-refractivity contribution in [3.63, 3.8) is 0 Å². The van der Waals surface area contributed by atoms with Crippen LogP contribution in [0.1, 0.15) is 42.3 Å². The molecule has 0 aliphatic rings. The lowest BCUT2D eigenvalue weighted by Crippen LogP contribution is -2.24. The largest absolute Gasteiger partial charge is 0.508 e. The smallest absolute Gasteiger partial charge is 0.261 e. The van der Waals surface area contributed by atoms with Crippen molar-refractivity contribution >= 4 is 22.5 Å². The van der Waals surface area contributed by atoms with Crippen LogP contribution in [0.3, 0.4) is 0 Å². The van der Waals surface area contributed by atoms with E-state index in [0.717, 1.165) is 5.56 Å². The van der Waals surface area contributed by atoms with Crippen LogP contribution in [0.5, 0.6) is 5.75 Å². The van der Waals surface area contributed by atoms with E-state index >= 15 is 0 Å². The number of aromatic hydroxyl groups is 1. The number of aromatic amines is 1. The summed E-state index contributed by atoms with van der Waals surface area (Å²) in [4.78, 5) is 28.5. The van der Waals surface area contributed by atoms with Gasteiger partial charge in [0.05, 0.1) is 0 Å². The van der Waals surface area contributed by atoms with Crippen LogP contribution >= 0.6 is 0 Å². The Labute approximate surface area is 162 Å². The molecule has 0 spiro atoms. The highest BCUT2D eigenvalue weighted by molar-refractivity contribution is 6.06. The lowest BCUT2D eigenvalue weighted by Gasteiger charge is -2.24. The van der Waals surface area contributed by atoms with Crippen LogP contribution in [0.25, 0.3) is 10.9 Å². The van der Waals surface area contributed by atoms with Gasteiger partial charge in [-0.1, -0.05) is 32.9 Å². The SMILES string of the molecule is CC(C)(C)c1cc(CCO)c(O)cc1NC(=O)c1c[nH]c2ccccc2c1=O. The molecular weight excluding hydrogens is 356 g/mol. The maximum absolute atomic E-state index is 12.8. The molecular formula is C22H24N2O4. The summed E-state index contributed by atoms with van der Waals surface area (Å²) in [5.41, 5.74) is 1.82. The molecule has 6 nitrogen and oxygen atoms in total. The molecule has 1 aromatic heterocycles. The Morgan fingerprint density at radius 2 is 1.89 bits per heavy atom. The van der Waals surface area contributed by atoms with Crippen molar-refractivity contribution in [3.05, 3.63) is 69.5 Å². The Hall–Kier alpha value is -3.12. The van der Waals surface area contributed by atoms with E-state index in [4.69, 9.17) is 0 Å². The molecule has 28 heavy (non-hydrogen) atoms. The average Bonchev–Trinajstić information content (AvgIpc) is 2.63. The fraction of sp³-hybridized carbons (Fsp3) is 0.273. The molecule has 3 rings (SSSR count). The number of nitrogens with one attached hydrogen (secondary N) is 2. The number of carbonyl (C=O) groups excluding carboxylic acids is 1. The number of aliphatic hydroxyl groups excluding tert-OH is 1. The normalized spacial score (nSPS) is 11.6. The lowest BCUT2D eigenvalue weighted by atomic mass is 9.84. The number of phenolic OH excluding ortho intramolecular Hbond substituents is 1. The standard InChI is InChI=1S/C22H24N2O4/c1-22(2,3)16-10-13(8-9-25)19(26)11-18(16)24-21(28)15-12-23-17-7-5-4-6-14(17)20(15)27/h4-7,10-12,25-26H,8-9H2,1-3H3,(H,23,27)(H,24,28). The number of rotatable bonds is 4. The van der Waals surface area contributed by atoms with Crippen molar-refractivity contribution in [2.75, 3.05) is 11.9 Å². The monoisotopic (exact) mass is 380 g/mol. The van der Waals surface area contributed by atoms with Gasteiger partial charge in [-0.25, -0.2) is 0 Å². The second-order valence-corrected chi connectivity index (χ2v) is 7.78. The quantitative estimate of drug-likeness (QED) is 0.557. The molecule has 2 aromatic carbocycles. The zero-order valence-electron chi connectivity index (χ0n) is 16.2. The van der Waals surface area contributed by atoms with Gasteiger partial charge in [0, 0.05) is 35.5 Å². The number of anilines is 1. The summed E-state index contributed by atoms with van der Waals surface area (Å²) in [7, 11) is 0. The predicted octanol–water partition coefficient (Wildman–Crippen LogP) is 3.32. The van der Waals surface area contributed by atoms with Gasteiger partial charge in [-0.3, -0.25) is 9.59 Å². The van der Waals surface area contributed by atoms with Crippen LogP contribution in [0.2, 0.25) is 0 Å². The summed E-state index contributed by atoms with van der Waals surface area (Å²) < 4.78 is 0. The van der Waals surface area contributed by atoms with Gasteiger partial charge in [-0.15, -0.1) is 0 Å². The number of aliphatic hydroxyl groups is 1. The second kappa shape index (κ2) is 7.48. The summed E-state index contributed by atoms with van der Waals surface area (Å²) >= 11 is 0. The van der Waals surface area contributed by atoms with Gasteiger partial charge in [0.15, 0.2) is 0 Å². The minimum absolute atomic E-state index is 0.00233. The number of phenols is 1. The van der Waals surface area contributed by atoms with Gasteiger partial charge in [0.25, 0.3) is 5.91 Å². The minimum Gasteiger partial charge on any atom is -0.508 e. The summed E-state index contributed by atoms with van der Waals surface area (Å²) in [6, 6.07) is 10.2. The highest BCUT2D eigenvalue weighted by Gasteiger charge is 2.23. The molecule has 146 valence electrons. The third-order valence-corrected chi connectivity index (χ3v) is 4.69. The Bertz CT molecular complexity index is 1090. The van der Waals surface area contributed by atoms with Gasteiger partial charge >= 0.3 is 0 Å². The van der Waals surface area contributed by atoms with E-state index in [9.17, 15) is 19.8 Å². The Kier molecular flexibility index (Phi) is 5.25. The van der Waals surface area contributed by atoms with Gasteiger partial charge < -0.3 is 20.5 Å². The van der Waals surface area contributed by atoms with Crippen LogP contribution in [0, 0.1) is 0 Å². The number of para-hydroxylation sites is 1. The van der Waals surface area contributed by atoms with E-state index in [0.29, 0.717) is 28.6 Å². The fourth-order valence-electron chi connectivity index (χ4n) is 3.20. The van der Waals surface area contributed by atoms with E-state index in [-0.39, 0.29) is 28.8 Å². The number of aromatic nitrogens is 1. The Balaban J connectivity index is 2.04. The van der Waals surface area contributed by atoms with E-state index < -0.39 is 5.91 Å². The number of hydrogen-bond donors (Lipinski definition) is 4. The van der Waals surface area contributed by atoms with E-state index in [1.807, 2.05) is 26.8 Å². The molecule has 0 saturated carbocycles. The van der Waals surface area contributed by atoms with Crippen molar-refractivity contribution in [1.82, 2.24) is 4.98 Å². The third-order valence-electron chi connectivity index (χ3n) is 4.69. The van der Waals surface area contributed by atoms with Crippen molar-refractivity contribution in [2.24, 2.45) is 0 Å². The first-order valence-electron chi connectivity index (χ1n) is 9.11. The maximum Gasteiger partial charge on any atom is 0.261 e. The minimum atomic E-state index is -0.549. The molecule has 4 N–H and O–H groups in total. The molecule has 1 amide bonds. The van der Waals surface area contributed by atoms with Crippen LogP contribution < -0.4 is 10.7 Å². The molecule has 0 unspecified atom stereocenters. The number of fused-ring (bicyclic) bond motifs is 1. The van der Waals surface area contributed by atoms with E-state index in [1.165, 1.54) is 12.3 Å². The fourth-order valence-corrected chi connectivity index (χ4v) is 3.20. The molecule has 0 aliphatic heterocycles. The number of hydrogen-bond acceptors (Lipinski definition) is 4. The van der Waals surface area contributed by atoms with Gasteiger partial charge in [0.1, 0.15) is 11.3 Å². The molecule has 6 heteroatoms. The van der Waals surface area contributed by atoms with Crippen molar-refractivity contribution < 1.29 is 15.0 Å². The third kappa shape index (κ3) is 3.77. The average molecular weight is 380 g/mol. The number of H-pyrrole nitrogens is 1. The molecule has 0 atom stereocenters. The molecule has 0 bridgehead atoms. The molecule has 0 fully saturated rings. The van der Waals surface area contributed by atoms with Gasteiger partial charge in [-0.05, 0) is 41.2 Å². The molecule has 3 aromatic rings. The summed E-state index contributed by atoms with van der Waals surface area (Å²) in [5.74, 6) is -0.559. The Morgan fingerprint density at radius 1 is 1.18 bits per heavy atom. The molecule has 1 heterocycles. The first-order valence-corrected chi connectivity index (χ1v) is 9.11. The predicted molar refractivity (Wildman–Crippen MR) is 110 cm³/mol. The van der Waals surface area contributed by atoms with Gasteiger partial charge in [0.2, 0.25) is 5.43 Å². The summed E-state index contributed by atoms with van der Waals surface area (Å²) in [5, 5.41) is 22.7. The number of amides is 1. The molecule has 0 saturated heterocycles. The highest BCUT2D eigenvalue weighted by atomic mass is 16.3.